The predicted molar refractivity (Wildman–Crippen MR) is 84.1 cm³/mol. The van der Waals surface area contributed by atoms with Gasteiger partial charge in [0.05, 0.1) is 23.8 Å². The van der Waals surface area contributed by atoms with Crippen molar-refractivity contribution in [3.8, 4) is 0 Å². The lowest BCUT2D eigenvalue weighted by atomic mass is 10.1. The molecule has 0 spiro atoms. The summed E-state index contributed by atoms with van der Waals surface area (Å²) < 4.78 is 6.73. The first-order valence-corrected chi connectivity index (χ1v) is 7.20. The minimum absolute atomic E-state index is 0.0886. The molecular weight excluding hydrogens is 280 g/mol. The molecule has 0 aliphatic heterocycles. The smallest absolute Gasteiger partial charge is 0.356 e. The fraction of sp³-hybridized carbons (Fsp3) is 0.235. The van der Waals surface area contributed by atoms with Gasteiger partial charge >= 0.3 is 5.97 Å². The second-order valence-electron chi connectivity index (χ2n) is 5.09. The van der Waals surface area contributed by atoms with E-state index >= 15 is 0 Å². The van der Waals surface area contributed by atoms with Crippen molar-refractivity contribution < 1.29 is 14.3 Å². The zero-order valence-corrected chi connectivity index (χ0v) is 12.5. The number of pyridine rings is 1. The van der Waals surface area contributed by atoms with Crippen molar-refractivity contribution in [2.24, 2.45) is 0 Å². The Labute approximate surface area is 127 Å². The van der Waals surface area contributed by atoms with Gasteiger partial charge in [-0.05, 0) is 18.6 Å². The third-order valence-corrected chi connectivity index (χ3v) is 3.52. The Balaban J connectivity index is 2.22. The zero-order chi connectivity index (χ0) is 15.7. The number of rotatable bonds is 3. The molecule has 0 aliphatic rings. The molecule has 3 rings (SSSR count). The number of ether oxygens (including phenoxy) is 1. The normalized spacial score (nSPS) is 11.0. The number of fused-ring (bicyclic) bond motifs is 3. The third kappa shape index (κ3) is 2.24. The minimum atomic E-state index is -0.441. The summed E-state index contributed by atoms with van der Waals surface area (Å²) in [5.74, 6) is -0.530. The first-order valence-electron chi connectivity index (χ1n) is 7.20. The minimum Gasteiger partial charge on any atom is -0.461 e. The van der Waals surface area contributed by atoms with Crippen LogP contribution in [0.2, 0.25) is 0 Å². The Morgan fingerprint density at radius 2 is 1.95 bits per heavy atom. The van der Waals surface area contributed by atoms with Gasteiger partial charge in [-0.15, -0.1) is 0 Å². The van der Waals surface area contributed by atoms with Crippen LogP contribution in [0.25, 0.3) is 21.8 Å². The maximum Gasteiger partial charge on any atom is 0.356 e. The third-order valence-electron chi connectivity index (χ3n) is 3.52. The summed E-state index contributed by atoms with van der Waals surface area (Å²) in [6.07, 6.45) is 2.32. The van der Waals surface area contributed by atoms with Crippen molar-refractivity contribution in [1.82, 2.24) is 9.55 Å². The molecule has 1 aromatic carbocycles. The number of aromatic nitrogens is 2. The first kappa shape index (κ1) is 14.3. The maximum atomic E-state index is 12.0. The Morgan fingerprint density at radius 3 is 2.68 bits per heavy atom. The van der Waals surface area contributed by atoms with E-state index in [4.69, 9.17) is 4.74 Å². The van der Waals surface area contributed by atoms with Crippen LogP contribution in [0.5, 0.6) is 0 Å². The van der Waals surface area contributed by atoms with E-state index in [0.717, 1.165) is 22.7 Å². The van der Waals surface area contributed by atoms with E-state index in [1.54, 1.807) is 16.8 Å². The summed E-state index contributed by atoms with van der Waals surface area (Å²) in [6, 6.07) is 9.28. The molecular formula is C17H16N2O3. The first-order chi connectivity index (χ1) is 10.6. The van der Waals surface area contributed by atoms with Gasteiger partial charge in [-0.2, -0.15) is 0 Å². The van der Waals surface area contributed by atoms with E-state index in [0.29, 0.717) is 12.1 Å². The van der Waals surface area contributed by atoms with Crippen LogP contribution in [0.1, 0.15) is 35.6 Å². The monoisotopic (exact) mass is 296 g/mol. The van der Waals surface area contributed by atoms with Crippen LogP contribution in [-0.4, -0.2) is 28.0 Å². The molecule has 5 nitrogen and oxygen atoms in total. The summed E-state index contributed by atoms with van der Waals surface area (Å²) in [7, 11) is 0. The Bertz CT molecular complexity index is 880. The highest BCUT2D eigenvalue weighted by molar-refractivity contribution is 6.13. The standard InChI is InChI=1S/C17H16N2O3/c1-3-8-22-17(21)14-9-13-12-6-4-5-7-15(12)19(11(2)20)16(13)10-18-14/h4-7,9-10H,3,8H2,1-2H3. The molecule has 0 amide bonds. The summed E-state index contributed by atoms with van der Waals surface area (Å²) in [6.45, 7) is 3.81. The van der Waals surface area contributed by atoms with E-state index in [2.05, 4.69) is 4.98 Å². The van der Waals surface area contributed by atoms with Gasteiger partial charge in [0.25, 0.3) is 0 Å². The molecule has 3 aromatic rings. The maximum absolute atomic E-state index is 12.0. The lowest BCUT2D eigenvalue weighted by molar-refractivity contribution is 0.0498. The number of para-hydroxylation sites is 1. The second kappa shape index (κ2) is 5.60. The Morgan fingerprint density at radius 1 is 1.18 bits per heavy atom. The molecule has 0 radical (unpaired) electrons. The van der Waals surface area contributed by atoms with Crippen molar-refractivity contribution in [3.05, 3.63) is 42.2 Å². The largest absolute Gasteiger partial charge is 0.461 e. The van der Waals surface area contributed by atoms with Gasteiger partial charge in [0.15, 0.2) is 0 Å². The molecule has 0 aliphatic carbocycles. The topological polar surface area (TPSA) is 61.2 Å². The van der Waals surface area contributed by atoms with Gasteiger partial charge in [0, 0.05) is 17.7 Å². The molecule has 0 fully saturated rings. The van der Waals surface area contributed by atoms with Crippen LogP contribution in [0.4, 0.5) is 0 Å². The molecule has 5 heteroatoms. The van der Waals surface area contributed by atoms with E-state index < -0.39 is 5.97 Å². The van der Waals surface area contributed by atoms with Crippen molar-refractivity contribution in [2.45, 2.75) is 20.3 Å². The van der Waals surface area contributed by atoms with Gasteiger partial charge < -0.3 is 4.74 Å². The summed E-state index contributed by atoms with van der Waals surface area (Å²) >= 11 is 0. The van der Waals surface area contributed by atoms with Crippen molar-refractivity contribution in [3.63, 3.8) is 0 Å². The van der Waals surface area contributed by atoms with Gasteiger partial charge in [-0.1, -0.05) is 25.1 Å². The summed E-state index contributed by atoms with van der Waals surface area (Å²) in [5.41, 5.74) is 1.76. The predicted octanol–water partition coefficient (Wildman–Crippen LogP) is 3.42. The van der Waals surface area contributed by atoms with E-state index in [1.165, 1.54) is 6.92 Å². The van der Waals surface area contributed by atoms with Crippen molar-refractivity contribution in [2.75, 3.05) is 6.61 Å². The molecule has 0 bridgehead atoms. The average Bonchev–Trinajstić information content (AvgIpc) is 2.86. The highest BCUT2D eigenvalue weighted by atomic mass is 16.5. The molecule has 0 N–H and O–H groups in total. The van der Waals surface area contributed by atoms with Crippen LogP contribution in [-0.2, 0) is 4.74 Å². The van der Waals surface area contributed by atoms with Crippen molar-refractivity contribution >= 4 is 33.7 Å². The molecule has 0 unspecified atom stereocenters. The lowest BCUT2D eigenvalue weighted by Gasteiger charge is -2.03. The van der Waals surface area contributed by atoms with Gasteiger partial charge in [0.1, 0.15) is 5.69 Å². The fourth-order valence-corrected chi connectivity index (χ4v) is 2.59. The highest BCUT2D eigenvalue weighted by Crippen LogP contribution is 2.28. The zero-order valence-electron chi connectivity index (χ0n) is 12.5. The second-order valence-corrected chi connectivity index (χ2v) is 5.09. The molecule has 0 saturated carbocycles. The van der Waals surface area contributed by atoms with E-state index in [1.807, 2.05) is 31.2 Å². The van der Waals surface area contributed by atoms with Gasteiger partial charge in [0.2, 0.25) is 5.91 Å². The molecule has 0 saturated heterocycles. The number of esters is 1. The molecule has 22 heavy (non-hydrogen) atoms. The SMILES string of the molecule is CCCOC(=O)c1cc2c3ccccc3n(C(C)=O)c2cn1. The fourth-order valence-electron chi connectivity index (χ4n) is 2.59. The summed E-state index contributed by atoms with van der Waals surface area (Å²) in [5, 5.41) is 1.74. The number of carbonyl (C=O) groups excluding carboxylic acids is 2. The van der Waals surface area contributed by atoms with Crippen LogP contribution in [0.15, 0.2) is 36.5 Å². The number of hydrogen-bond acceptors (Lipinski definition) is 4. The highest BCUT2D eigenvalue weighted by Gasteiger charge is 2.16. The van der Waals surface area contributed by atoms with Crippen LogP contribution >= 0.6 is 0 Å². The number of hydrogen-bond donors (Lipinski definition) is 0. The molecule has 112 valence electrons. The summed E-state index contributed by atoms with van der Waals surface area (Å²) in [4.78, 5) is 28.1. The van der Waals surface area contributed by atoms with Crippen LogP contribution < -0.4 is 0 Å². The molecule has 2 aromatic heterocycles. The van der Waals surface area contributed by atoms with Gasteiger partial charge in [-0.3, -0.25) is 9.36 Å². The molecule has 2 heterocycles. The average molecular weight is 296 g/mol. The van der Waals surface area contributed by atoms with E-state index in [9.17, 15) is 9.59 Å². The van der Waals surface area contributed by atoms with E-state index in [-0.39, 0.29) is 11.6 Å². The lowest BCUT2D eigenvalue weighted by Crippen LogP contribution is -2.09. The quantitative estimate of drug-likeness (QED) is 0.695. The van der Waals surface area contributed by atoms with Gasteiger partial charge in [-0.25, -0.2) is 9.78 Å². The van der Waals surface area contributed by atoms with Crippen LogP contribution in [0, 0.1) is 0 Å². The Hall–Kier alpha value is -2.69. The number of benzene rings is 1. The molecule has 0 atom stereocenters. The number of nitrogens with zero attached hydrogens (tertiary/aromatic N) is 2. The number of carbonyl (C=O) groups is 2. The van der Waals surface area contributed by atoms with Crippen molar-refractivity contribution in [1.29, 1.82) is 0 Å². The Kier molecular flexibility index (Phi) is 3.63. The van der Waals surface area contributed by atoms with Crippen LogP contribution in [0.3, 0.4) is 0 Å².